The third kappa shape index (κ3) is 11.9. The number of amides is 1. The third-order valence-corrected chi connectivity index (χ3v) is 13.9. The van der Waals surface area contributed by atoms with Crippen LogP contribution in [0.25, 0.3) is 6.08 Å². The number of likely N-dealkylation sites (N-methyl/N-ethyl adjacent to an activating group) is 1. The first-order valence-corrected chi connectivity index (χ1v) is 20.8. The topological polar surface area (TPSA) is 128 Å². The summed E-state index contributed by atoms with van der Waals surface area (Å²) in [6, 6.07) is 4.88. The van der Waals surface area contributed by atoms with E-state index in [0.29, 0.717) is 69.4 Å². The van der Waals surface area contributed by atoms with Crippen molar-refractivity contribution in [3.63, 3.8) is 0 Å². The number of benzene rings is 1. The molecule has 4 rings (SSSR count). The molecule has 1 aromatic carbocycles. The molecule has 0 bridgehead atoms. The molecule has 0 aromatic heterocycles. The Morgan fingerprint density at radius 3 is 2.28 bits per heavy atom. The SMILES string of the molecule is C/C(=C\c1cc(F)cc(N(C)C2CCN(S(=O)(=O)C3CCCC3)CC2)c1)[C@@H](C=O)[C@@H](C)/C=C/[C@H](OC(=O)N1CCN(C)CC1)[C@@H](C)CC[C@@H](O)CC=O. The standard InChI is InChI=1S/C40H61FN4O7S/c1-29(11-13-39(30(2)10-12-36(48)16-23-46)52-40(49)44-21-19-42(4)20-22-44)38(28-47)31(3)24-32-25-33(41)27-35(26-32)43(5)34-14-17-45(18-15-34)53(50,51)37-8-6-7-9-37/h11,13,23-30,34,36-39,48H,6-10,12,14-22H2,1-5H3/b13-11+,31-24+/t29-,30-,36+,38-,39-/m0/s1. The summed E-state index contributed by atoms with van der Waals surface area (Å²) in [6.07, 6.45) is 11.0. The lowest BCUT2D eigenvalue weighted by Gasteiger charge is -2.38. The quantitative estimate of drug-likeness (QED) is 0.161. The van der Waals surface area contributed by atoms with E-state index in [-0.39, 0.29) is 29.5 Å². The van der Waals surface area contributed by atoms with Crippen LogP contribution in [-0.4, -0.2) is 123 Å². The Bertz CT molecular complexity index is 1530. The van der Waals surface area contributed by atoms with Gasteiger partial charge in [-0.15, -0.1) is 0 Å². The molecule has 2 heterocycles. The first kappa shape index (κ1) is 42.6. The van der Waals surface area contributed by atoms with Gasteiger partial charge in [0.25, 0.3) is 0 Å². The maximum Gasteiger partial charge on any atom is 0.410 e. The Balaban J connectivity index is 1.43. The zero-order chi connectivity index (χ0) is 38.7. The van der Waals surface area contributed by atoms with Gasteiger partial charge >= 0.3 is 6.09 Å². The predicted octanol–water partition coefficient (Wildman–Crippen LogP) is 5.53. The zero-order valence-corrected chi connectivity index (χ0v) is 33.1. The molecule has 1 saturated carbocycles. The molecule has 13 heteroatoms. The number of halogens is 1. The number of carbonyl (C=O) groups excluding carboxylic acids is 3. The highest BCUT2D eigenvalue weighted by molar-refractivity contribution is 7.89. The van der Waals surface area contributed by atoms with Crippen LogP contribution in [0, 0.1) is 23.6 Å². The highest BCUT2D eigenvalue weighted by Gasteiger charge is 2.37. The van der Waals surface area contributed by atoms with Crippen molar-refractivity contribution in [1.82, 2.24) is 14.1 Å². The first-order valence-electron chi connectivity index (χ1n) is 19.3. The number of allylic oxidation sites excluding steroid dienone is 2. The van der Waals surface area contributed by atoms with E-state index >= 15 is 4.39 Å². The Morgan fingerprint density at radius 2 is 1.66 bits per heavy atom. The fraction of sp³-hybridized carbons (Fsp3) is 0.675. The minimum Gasteiger partial charge on any atom is -0.442 e. The summed E-state index contributed by atoms with van der Waals surface area (Å²) in [5.74, 6) is -1.36. The molecule has 0 spiro atoms. The zero-order valence-electron chi connectivity index (χ0n) is 32.2. The van der Waals surface area contributed by atoms with Gasteiger partial charge in [-0.25, -0.2) is 21.9 Å². The van der Waals surface area contributed by atoms with Gasteiger partial charge in [0, 0.05) is 70.4 Å². The van der Waals surface area contributed by atoms with Crippen molar-refractivity contribution in [1.29, 1.82) is 0 Å². The average molecular weight is 761 g/mol. The van der Waals surface area contributed by atoms with Gasteiger partial charge in [-0.1, -0.05) is 44.4 Å². The van der Waals surface area contributed by atoms with Gasteiger partial charge in [-0.3, -0.25) is 0 Å². The Labute approximate surface area is 316 Å². The molecule has 0 unspecified atom stereocenters. The molecular weight excluding hydrogens is 700 g/mol. The number of piperazine rings is 1. The maximum absolute atomic E-state index is 15.0. The fourth-order valence-electron chi connectivity index (χ4n) is 7.76. The van der Waals surface area contributed by atoms with Crippen LogP contribution in [0.5, 0.6) is 0 Å². The van der Waals surface area contributed by atoms with Crippen LogP contribution < -0.4 is 4.90 Å². The van der Waals surface area contributed by atoms with Crippen molar-refractivity contribution in [3.8, 4) is 0 Å². The van der Waals surface area contributed by atoms with Gasteiger partial charge in [0.1, 0.15) is 24.5 Å². The van der Waals surface area contributed by atoms with E-state index in [1.165, 1.54) is 12.1 Å². The number of aliphatic hydroxyl groups is 1. The van der Waals surface area contributed by atoms with E-state index in [2.05, 4.69) is 4.90 Å². The molecule has 53 heavy (non-hydrogen) atoms. The first-order chi connectivity index (χ1) is 25.2. The lowest BCUT2D eigenvalue weighted by molar-refractivity contribution is -0.111. The number of aliphatic hydroxyl groups excluding tert-OH is 1. The van der Waals surface area contributed by atoms with E-state index < -0.39 is 40.1 Å². The largest absolute Gasteiger partial charge is 0.442 e. The molecular formula is C40H61FN4O7S. The molecule has 3 aliphatic rings. The number of piperidine rings is 1. The minimum atomic E-state index is -3.28. The van der Waals surface area contributed by atoms with Gasteiger partial charge in [0.15, 0.2) is 0 Å². The van der Waals surface area contributed by atoms with Crippen molar-refractivity contribution in [3.05, 3.63) is 47.3 Å². The molecule has 1 N–H and O–H groups in total. The number of ether oxygens (including phenoxy) is 1. The highest BCUT2D eigenvalue weighted by atomic mass is 32.2. The smallest absolute Gasteiger partial charge is 0.410 e. The molecule has 296 valence electrons. The Hall–Kier alpha value is -3.13. The second kappa shape index (κ2) is 20.0. The molecule has 2 aliphatic heterocycles. The van der Waals surface area contributed by atoms with Crippen LogP contribution >= 0.6 is 0 Å². The number of carbonyl (C=O) groups is 3. The van der Waals surface area contributed by atoms with Crippen LogP contribution in [0.2, 0.25) is 0 Å². The van der Waals surface area contributed by atoms with Crippen LogP contribution in [0.15, 0.2) is 35.9 Å². The number of anilines is 1. The Morgan fingerprint density at radius 1 is 1.00 bits per heavy atom. The van der Waals surface area contributed by atoms with Crippen LogP contribution in [0.4, 0.5) is 14.9 Å². The molecule has 0 radical (unpaired) electrons. The molecule has 1 aromatic rings. The number of sulfonamides is 1. The summed E-state index contributed by atoms with van der Waals surface area (Å²) in [4.78, 5) is 42.3. The molecule has 11 nitrogen and oxygen atoms in total. The second-order valence-corrected chi connectivity index (χ2v) is 17.7. The fourth-order valence-corrected chi connectivity index (χ4v) is 9.83. The van der Waals surface area contributed by atoms with Crippen LogP contribution in [0.1, 0.15) is 84.1 Å². The molecule has 3 fully saturated rings. The van der Waals surface area contributed by atoms with Crippen LogP contribution in [0.3, 0.4) is 0 Å². The van der Waals surface area contributed by atoms with Crippen molar-refractivity contribution < 1.29 is 37.0 Å². The van der Waals surface area contributed by atoms with Crippen molar-refractivity contribution in [2.45, 2.75) is 102 Å². The number of hydrogen-bond donors (Lipinski definition) is 1. The van der Waals surface area contributed by atoms with Gasteiger partial charge in [-0.05, 0) is 94.2 Å². The molecule has 5 atom stereocenters. The maximum atomic E-state index is 15.0. The summed E-state index contributed by atoms with van der Waals surface area (Å²) in [7, 11) is 0.638. The van der Waals surface area contributed by atoms with Gasteiger partial charge < -0.3 is 34.1 Å². The van der Waals surface area contributed by atoms with Gasteiger partial charge in [0.2, 0.25) is 10.0 Å². The second-order valence-electron chi connectivity index (χ2n) is 15.5. The highest BCUT2D eigenvalue weighted by Crippen LogP contribution is 2.32. The number of nitrogens with zero attached hydrogens (tertiary/aromatic N) is 4. The number of aldehydes is 2. The monoisotopic (exact) mass is 760 g/mol. The predicted molar refractivity (Wildman–Crippen MR) is 207 cm³/mol. The summed E-state index contributed by atoms with van der Waals surface area (Å²) < 4.78 is 48.9. The molecule has 2 saturated heterocycles. The normalized spacial score (nSPS) is 21.6. The van der Waals surface area contributed by atoms with Crippen molar-refractivity contribution in [2.24, 2.45) is 17.8 Å². The Kier molecular flexibility index (Phi) is 16.1. The van der Waals surface area contributed by atoms with E-state index in [1.54, 1.807) is 9.21 Å². The van der Waals surface area contributed by atoms with Crippen LogP contribution in [-0.2, 0) is 24.3 Å². The average Bonchev–Trinajstić information content (AvgIpc) is 3.69. The van der Waals surface area contributed by atoms with E-state index in [4.69, 9.17) is 4.74 Å². The van der Waals surface area contributed by atoms with Gasteiger partial charge in [-0.2, -0.15) is 0 Å². The number of hydrogen-bond acceptors (Lipinski definition) is 9. The molecule has 1 aliphatic carbocycles. The van der Waals surface area contributed by atoms with E-state index in [9.17, 15) is 27.9 Å². The van der Waals surface area contributed by atoms with E-state index in [1.807, 2.05) is 64.1 Å². The third-order valence-electron chi connectivity index (χ3n) is 11.5. The van der Waals surface area contributed by atoms with Gasteiger partial charge in [0.05, 0.1) is 11.4 Å². The summed E-state index contributed by atoms with van der Waals surface area (Å²) >= 11 is 0. The lowest BCUT2D eigenvalue weighted by Crippen LogP contribution is -2.48. The van der Waals surface area contributed by atoms with E-state index in [0.717, 1.165) is 50.6 Å². The van der Waals surface area contributed by atoms with Crippen molar-refractivity contribution in [2.75, 3.05) is 58.3 Å². The van der Waals surface area contributed by atoms with Crippen molar-refractivity contribution >= 4 is 40.5 Å². The number of rotatable bonds is 17. The summed E-state index contributed by atoms with van der Waals surface area (Å²) in [6.45, 7) is 9.24. The molecule has 1 amide bonds. The summed E-state index contributed by atoms with van der Waals surface area (Å²) in [5, 5.41) is 9.87. The lowest BCUT2D eigenvalue weighted by atomic mass is 9.86. The minimum absolute atomic E-state index is 0.0488. The summed E-state index contributed by atoms with van der Waals surface area (Å²) in [5.41, 5.74) is 2.06.